The van der Waals surface area contributed by atoms with E-state index in [1.807, 2.05) is 6.92 Å². The smallest absolute Gasteiger partial charge is 0.193 e. The van der Waals surface area contributed by atoms with E-state index in [0.717, 1.165) is 5.57 Å². The zero-order valence-corrected chi connectivity index (χ0v) is 7.73. The number of halogens is 3. The van der Waals surface area contributed by atoms with E-state index in [0.29, 0.717) is 6.42 Å². The van der Waals surface area contributed by atoms with Gasteiger partial charge in [0.25, 0.3) is 0 Å². The van der Waals surface area contributed by atoms with Crippen molar-refractivity contribution in [2.75, 3.05) is 0 Å². The molecule has 0 radical (unpaired) electrons. The first kappa shape index (κ1) is 10.8. The fourth-order valence-corrected chi connectivity index (χ4v) is 1.42. The highest BCUT2D eigenvalue weighted by atomic mass is 19.4. The Bertz CT molecular complexity index is 317. The molecule has 0 saturated carbocycles. The summed E-state index contributed by atoms with van der Waals surface area (Å²) in [6.45, 7) is 1.85. The molecule has 0 amide bonds. The molecule has 0 heterocycles. The average molecular weight is 201 g/mol. The van der Waals surface area contributed by atoms with Crippen LogP contribution in [0.5, 0.6) is 0 Å². The van der Waals surface area contributed by atoms with Gasteiger partial charge in [-0.1, -0.05) is 18.6 Å². The molecule has 0 spiro atoms. The van der Waals surface area contributed by atoms with Crippen LogP contribution in [0.4, 0.5) is 13.2 Å². The second-order valence-electron chi connectivity index (χ2n) is 3.17. The van der Waals surface area contributed by atoms with Crippen molar-refractivity contribution in [3.05, 3.63) is 23.3 Å². The van der Waals surface area contributed by atoms with Gasteiger partial charge in [-0.25, -0.2) is 0 Å². The molecule has 0 aromatic rings. The van der Waals surface area contributed by atoms with E-state index in [1.54, 1.807) is 12.1 Å². The largest absolute Gasteiger partial charge is 0.396 e. The van der Waals surface area contributed by atoms with Crippen LogP contribution in [-0.2, 0) is 0 Å². The SMILES string of the molecule is CCC1=CCC(C(F)(F)F)C(C#N)=C1. The summed E-state index contributed by atoms with van der Waals surface area (Å²) in [7, 11) is 0. The molecular weight excluding hydrogens is 191 g/mol. The Morgan fingerprint density at radius 3 is 2.64 bits per heavy atom. The summed E-state index contributed by atoms with van der Waals surface area (Å²) in [4.78, 5) is 0. The Labute approximate surface area is 80.5 Å². The van der Waals surface area contributed by atoms with E-state index >= 15 is 0 Å². The van der Waals surface area contributed by atoms with Gasteiger partial charge in [0, 0.05) is 5.57 Å². The molecule has 0 bridgehead atoms. The topological polar surface area (TPSA) is 23.8 Å². The van der Waals surface area contributed by atoms with Crippen molar-refractivity contribution in [2.24, 2.45) is 5.92 Å². The molecule has 0 fully saturated rings. The van der Waals surface area contributed by atoms with E-state index in [2.05, 4.69) is 0 Å². The summed E-state index contributed by atoms with van der Waals surface area (Å²) < 4.78 is 37.2. The predicted octanol–water partition coefficient (Wildman–Crippen LogP) is 3.35. The highest BCUT2D eigenvalue weighted by Crippen LogP contribution is 2.37. The van der Waals surface area contributed by atoms with E-state index in [9.17, 15) is 13.2 Å². The Balaban J connectivity index is 2.94. The zero-order chi connectivity index (χ0) is 10.8. The second kappa shape index (κ2) is 3.87. The first-order valence-corrected chi connectivity index (χ1v) is 4.36. The van der Waals surface area contributed by atoms with Crippen LogP contribution in [0.1, 0.15) is 19.8 Å². The summed E-state index contributed by atoms with van der Waals surface area (Å²) in [6.07, 6.45) is -0.847. The van der Waals surface area contributed by atoms with Gasteiger partial charge in [-0.3, -0.25) is 0 Å². The molecule has 14 heavy (non-hydrogen) atoms. The Hall–Kier alpha value is -1.24. The summed E-state index contributed by atoms with van der Waals surface area (Å²) in [5.74, 6) is -1.61. The monoisotopic (exact) mass is 201 g/mol. The van der Waals surface area contributed by atoms with E-state index in [4.69, 9.17) is 5.26 Å². The van der Waals surface area contributed by atoms with Crippen molar-refractivity contribution >= 4 is 0 Å². The molecule has 1 unspecified atom stereocenters. The minimum atomic E-state index is -4.31. The number of allylic oxidation sites excluding steroid dienone is 4. The first-order valence-electron chi connectivity index (χ1n) is 4.36. The number of alkyl halides is 3. The number of rotatable bonds is 1. The molecule has 1 aliphatic carbocycles. The van der Waals surface area contributed by atoms with Crippen molar-refractivity contribution in [3.63, 3.8) is 0 Å². The summed E-state index contributed by atoms with van der Waals surface area (Å²) in [6, 6.07) is 1.63. The summed E-state index contributed by atoms with van der Waals surface area (Å²) in [5, 5.41) is 8.59. The van der Waals surface area contributed by atoms with E-state index in [-0.39, 0.29) is 12.0 Å². The molecule has 1 atom stereocenters. The number of nitrogens with zero attached hydrogens (tertiary/aromatic N) is 1. The van der Waals surface area contributed by atoms with Gasteiger partial charge in [0.05, 0.1) is 12.0 Å². The van der Waals surface area contributed by atoms with Gasteiger partial charge in [0.15, 0.2) is 0 Å². The minimum Gasteiger partial charge on any atom is -0.193 e. The highest BCUT2D eigenvalue weighted by molar-refractivity contribution is 5.38. The third kappa shape index (κ3) is 2.16. The molecule has 4 heteroatoms. The van der Waals surface area contributed by atoms with Gasteiger partial charge in [0.1, 0.15) is 0 Å². The molecule has 0 saturated heterocycles. The van der Waals surface area contributed by atoms with Crippen LogP contribution in [0.3, 0.4) is 0 Å². The summed E-state index contributed by atoms with van der Waals surface area (Å²) in [5.41, 5.74) is 0.638. The lowest BCUT2D eigenvalue weighted by molar-refractivity contribution is -0.162. The molecular formula is C10H10F3N. The fourth-order valence-electron chi connectivity index (χ4n) is 1.42. The maximum atomic E-state index is 12.4. The van der Waals surface area contributed by atoms with Gasteiger partial charge < -0.3 is 0 Å². The van der Waals surface area contributed by atoms with Crippen LogP contribution in [0.15, 0.2) is 23.3 Å². The standard InChI is InChI=1S/C10H10F3N/c1-2-7-3-4-9(10(11,12)13)8(5-7)6-14/h3,5,9H,2,4H2,1H3. The minimum absolute atomic E-state index is 0.105. The van der Waals surface area contributed by atoms with Gasteiger partial charge in [-0.05, 0) is 18.9 Å². The Morgan fingerprint density at radius 1 is 1.57 bits per heavy atom. The van der Waals surface area contributed by atoms with Crippen LogP contribution < -0.4 is 0 Å². The summed E-state index contributed by atoms with van der Waals surface area (Å²) >= 11 is 0. The maximum absolute atomic E-state index is 12.4. The third-order valence-electron chi connectivity index (χ3n) is 2.26. The quantitative estimate of drug-likeness (QED) is 0.638. The Morgan fingerprint density at radius 2 is 2.21 bits per heavy atom. The van der Waals surface area contributed by atoms with Gasteiger partial charge in [-0.2, -0.15) is 18.4 Å². The lowest BCUT2D eigenvalue weighted by Crippen LogP contribution is -2.25. The Kier molecular flexibility index (Phi) is 3.00. The van der Waals surface area contributed by atoms with Crippen LogP contribution in [0.2, 0.25) is 0 Å². The lowest BCUT2D eigenvalue weighted by atomic mass is 9.88. The molecule has 1 rings (SSSR count). The number of hydrogen-bond acceptors (Lipinski definition) is 1. The van der Waals surface area contributed by atoms with Crippen molar-refractivity contribution in [1.29, 1.82) is 5.26 Å². The predicted molar refractivity (Wildman–Crippen MR) is 46.2 cm³/mol. The van der Waals surface area contributed by atoms with Crippen LogP contribution in [-0.4, -0.2) is 6.18 Å². The molecule has 1 aliphatic rings. The van der Waals surface area contributed by atoms with Gasteiger partial charge >= 0.3 is 6.18 Å². The van der Waals surface area contributed by atoms with Gasteiger partial charge in [-0.15, -0.1) is 0 Å². The molecule has 0 aromatic carbocycles. The van der Waals surface area contributed by atoms with Crippen molar-refractivity contribution in [3.8, 4) is 6.07 Å². The second-order valence-corrected chi connectivity index (χ2v) is 3.17. The molecule has 1 nitrogen and oxygen atoms in total. The van der Waals surface area contributed by atoms with Crippen LogP contribution >= 0.6 is 0 Å². The lowest BCUT2D eigenvalue weighted by Gasteiger charge is -2.21. The van der Waals surface area contributed by atoms with E-state index in [1.165, 1.54) is 6.08 Å². The number of nitriles is 1. The molecule has 0 aromatic heterocycles. The van der Waals surface area contributed by atoms with Crippen molar-refractivity contribution in [1.82, 2.24) is 0 Å². The van der Waals surface area contributed by atoms with Crippen LogP contribution in [0.25, 0.3) is 0 Å². The average Bonchev–Trinajstić information content (AvgIpc) is 2.15. The van der Waals surface area contributed by atoms with E-state index < -0.39 is 12.1 Å². The van der Waals surface area contributed by atoms with Crippen molar-refractivity contribution in [2.45, 2.75) is 25.9 Å². The van der Waals surface area contributed by atoms with Gasteiger partial charge in [0.2, 0.25) is 0 Å². The van der Waals surface area contributed by atoms with Crippen LogP contribution in [0, 0.1) is 17.2 Å². The molecule has 76 valence electrons. The fraction of sp³-hybridized carbons (Fsp3) is 0.500. The molecule has 0 N–H and O–H groups in total. The zero-order valence-electron chi connectivity index (χ0n) is 7.73. The molecule has 0 aliphatic heterocycles. The normalized spacial score (nSPS) is 22.4. The first-order chi connectivity index (χ1) is 6.49. The maximum Gasteiger partial charge on any atom is 0.396 e. The highest BCUT2D eigenvalue weighted by Gasteiger charge is 2.42. The third-order valence-corrected chi connectivity index (χ3v) is 2.26. The number of hydrogen-bond donors (Lipinski definition) is 0. The van der Waals surface area contributed by atoms with Crippen molar-refractivity contribution < 1.29 is 13.2 Å².